The van der Waals surface area contributed by atoms with Crippen molar-refractivity contribution in [3.63, 3.8) is 0 Å². The lowest BCUT2D eigenvalue weighted by Gasteiger charge is -2.39. The third-order valence-electron chi connectivity index (χ3n) is 6.53. The molecule has 218 valence electrons. The van der Waals surface area contributed by atoms with Crippen molar-refractivity contribution < 1.29 is 28.2 Å². The molecule has 1 aromatic heterocycles. The van der Waals surface area contributed by atoms with Crippen molar-refractivity contribution in [2.45, 2.75) is 104 Å². The molecule has 3 rings (SSSR count). The van der Waals surface area contributed by atoms with E-state index in [4.69, 9.17) is 18.6 Å². The molecule has 9 nitrogen and oxygen atoms in total. The molecule has 1 aromatic carbocycles. The van der Waals surface area contributed by atoms with Gasteiger partial charge in [-0.2, -0.15) is 0 Å². The summed E-state index contributed by atoms with van der Waals surface area (Å²) in [5.74, 6) is 0.212. The van der Waals surface area contributed by atoms with Gasteiger partial charge in [0.15, 0.2) is 19.6 Å². The maximum atomic E-state index is 13.0. The van der Waals surface area contributed by atoms with Gasteiger partial charge in [0.05, 0.1) is 16.3 Å². The molecule has 1 N–H and O–H groups in total. The summed E-state index contributed by atoms with van der Waals surface area (Å²) in [6, 6.07) is 5.79. The quantitative estimate of drug-likeness (QED) is 0.282. The van der Waals surface area contributed by atoms with Crippen molar-refractivity contribution in [1.82, 2.24) is 9.88 Å². The van der Waals surface area contributed by atoms with Crippen LogP contribution in [-0.4, -0.2) is 73.3 Å². The van der Waals surface area contributed by atoms with E-state index in [0.717, 1.165) is 15.3 Å². The molecule has 0 spiro atoms. The lowest BCUT2D eigenvalue weighted by molar-refractivity contribution is -0.165. The number of benzene rings is 1. The first-order chi connectivity index (χ1) is 17.7. The fourth-order valence-corrected chi connectivity index (χ4v) is 5.70. The third kappa shape index (κ3) is 8.81. The minimum Gasteiger partial charge on any atom is -0.490 e. The summed E-state index contributed by atoms with van der Waals surface area (Å²) in [5.41, 5.74) is -0.285. The third-order valence-corrected chi connectivity index (χ3v) is 12.0. The number of anilines is 1. The zero-order chi connectivity index (χ0) is 29.4. The van der Waals surface area contributed by atoms with E-state index < -0.39 is 31.6 Å². The lowest BCUT2D eigenvalue weighted by atomic mass is 10.1. The Morgan fingerprint density at radius 3 is 2.23 bits per heavy atom. The van der Waals surface area contributed by atoms with Crippen LogP contribution in [0.3, 0.4) is 0 Å². The number of ether oxygens (including phenoxy) is 3. The predicted molar refractivity (Wildman–Crippen MR) is 158 cm³/mol. The number of hydrogen-bond donors (Lipinski definition) is 1. The monoisotopic (exact) mass is 579 g/mol. The Balaban J connectivity index is 1.63. The number of hydrogen-bond acceptors (Lipinski definition) is 9. The van der Waals surface area contributed by atoms with Gasteiger partial charge < -0.3 is 28.9 Å². The second-order valence-electron chi connectivity index (χ2n) is 13.6. The fraction of sp³-hybridized carbons (Fsp3) is 0.679. The van der Waals surface area contributed by atoms with Gasteiger partial charge in [-0.25, -0.2) is 14.6 Å². The van der Waals surface area contributed by atoms with E-state index >= 15 is 0 Å². The summed E-state index contributed by atoms with van der Waals surface area (Å²) in [6.07, 6.45) is -1.13. The SMILES string of the molecule is CC(C)(C)OC(=O)C(COc1ccc2nc(NC3CN(C(=O)OC(C)(C)C)C3)sc2c1)O[Si](C)(C)C(C)(C)C. The van der Waals surface area contributed by atoms with Gasteiger partial charge >= 0.3 is 12.1 Å². The number of aromatic nitrogens is 1. The number of carbonyl (C=O) groups is 2. The number of carbonyl (C=O) groups excluding carboxylic acids is 2. The summed E-state index contributed by atoms with van der Waals surface area (Å²) < 4.78 is 24.5. The van der Waals surface area contributed by atoms with Crippen LogP contribution in [0.2, 0.25) is 18.1 Å². The number of amides is 1. The van der Waals surface area contributed by atoms with Gasteiger partial charge in [-0.05, 0) is 77.9 Å². The Labute approximate surface area is 237 Å². The van der Waals surface area contributed by atoms with Crippen molar-refractivity contribution in [2.75, 3.05) is 25.0 Å². The molecule has 1 atom stereocenters. The molecule has 39 heavy (non-hydrogen) atoms. The number of nitrogens with one attached hydrogen (secondary N) is 1. The van der Waals surface area contributed by atoms with E-state index in [2.05, 4.69) is 44.2 Å². The highest BCUT2D eigenvalue weighted by Crippen LogP contribution is 2.38. The highest BCUT2D eigenvalue weighted by atomic mass is 32.1. The Kier molecular flexibility index (Phi) is 8.99. The summed E-state index contributed by atoms with van der Waals surface area (Å²) >= 11 is 1.52. The topological polar surface area (TPSA) is 99.2 Å². The van der Waals surface area contributed by atoms with Crippen LogP contribution in [0.4, 0.5) is 9.93 Å². The Bertz CT molecular complexity index is 1170. The van der Waals surface area contributed by atoms with Crippen molar-refractivity contribution in [3.05, 3.63) is 18.2 Å². The van der Waals surface area contributed by atoms with Crippen LogP contribution in [0.15, 0.2) is 18.2 Å². The van der Waals surface area contributed by atoms with Crippen LogP contribution in [-0.2, 0) is 18.7 Å². The molecular formula is C28H45N3O6SSi. The number of nitrogens with zero attached hydrogens (tertiary/aromatic N) is 2. The van der Waals surface area contributed by atoms with Gasteiger partial charge in [-0.15, -0.1) is 0 Å². The normalized spacial score (nSPS) is 16.0. The Hall–Kier alpha value is -2.37. The van der Waals surface area contributed by atoms with E-state index in [1.165, 1.54) is 11.3 Å². The maximum absolute atomic E-state index is 13.0. The van der Waals surface area contributed by atoms with Crippen molar-refractivity contribution in [2.24, 2.45) is 0 Å². The van der Waals surface area contributed by atoms with E-state index in [9.17, 15) is 9.59 Å². The second kappa shape index (κ2) is 11.2. The number of fused-ring (bicyclic) bond motifs is 1. The van der Waals surface area contributed by atoms with Crippen LogP contribution >= 0.6 is 11.3 Å². The predicted octanol–water partition coefficient (Wildman–Crippen LogP) is 6.44. The smallest absolute Gasteiger partial charge is 0.410 e. The summed E-state index contributed by atoms with van der Waals surface area (Å²) in [5, 5.41) is 4.12. The van der Waals surface area contributed by atoms with Gasteiger partial charge in [0.1, 0.15) is 23.6 Å². The maximum Gasteiger partial charge on any atom is 0.410 e. The highest BCUT2D eigenvalue weighted by molar-refractivity contribution is 7.22. The number of thiazole rings is 1. The average molecular weight is 580 g/mol. The molecule has 0 saturated carbocycles. The largest absolute Gasteiger partial charge is 0.490 e. The van der Waals surface area contributed by atoms with E-state index in [1.807, 2.05) is 59.7 Å². The van der Waals surface area contributed by atoms with Gasteiger partial charge in [0.2, 0.25) is 0 Å². The van der Waals surface area contributed by atoms with Gasteiger partial charge in [0, 0.05) is 13.1 Å². The van der Waals surface area contributed by atoms with Gasteiger partial charge in [-0.3, -0.25) is 0 Å². The first-order valence-corrected chi connectivity index (χ1v) is 17.1. The Morgan fingerprint density at radius 1 is 1.05 bits per heavy atom. The van der Waals surface area contributed by atoms with Crippen LogP contribution in [0.5, 0.6) is 5.75 Å². The minimum atomic E-state index is -2.25. The second-order valence-corrected chi connectivity index (χ2v) is 19.4. The molecule has 2 aromatic rings. The molecule has 2 heterocycles. The molecule has 1 unspecified atom stereocenters. The molecular weight excluding hydrogens is 534 g/mol. The summed E-state index contributed by atoms with van der Waals surface area (Å²) in [7, 11) is -2.25. The van der Waals surface area contributed by atoms with Gasteiger partial charge in [-0.1, -0.05) is 32.1 Å². The van der Waals surface area contributed by atoms with Crippen molar-refractivity contribution in [3.8, 4) is 5.75 Å². The molecule has 1 aliphatic heterocycles. The van der Waals surface area contributed by atoms with Crippen LogP contribution in [0.1, 0.15) is 62.3 Å². The molecule has 11 heteroatoms. The van der Waals surface area contributed by atoms with E-state index in [-0.39, 0.29) is 23.8 Å². The van der Waals surface area contributed by atoms with Crippen LogP contribution in [0.25, 0.3) is 10.2 Å². The highest BCUT2D eigenvalue weighted by Gasteiger charge is 2.42. The number of esters is 1. The van der Waals surface area contributed by atoms with Crippen molar-refractivity contribution >= 4 is 47.1 Å². The Morgan fingerprint density at radius 2 is 1.67 bits per heavy atom. The van der Waals surface area contributed by atoms with Gasteiger partial charge in [0.25, 0.3) is 0 Å². The van der Waals surface area contributed by atoms with E-state index in [1.54, 1.807) is 4.90 Å². The molecule has 1 amide bonds. The zero-order valence-electron chi connectivity index (χ0n) is 25.3. The average Bonchev–Trinajstić information content (AvgIpc) is 3.11. The number of likely N-dealkylation sites (tertiary alicyclic amines) is 1. The molecule has 0 radical (unpaired) electrons. The fourth-order valence-electron chi connectivity index (χ4n) is 3.50. The lowest BCUT2D eigenvalue weighted by Crippen LogP contribution is -2.57. The molecule has 1 fully saturated rings. The van der Waals surface area contributed by atoms with Crippen molar-refractivity contribution in [1.29, 1.82) is 0 Å². The molecule has 1 saturated heterocycles. The summed E-state index contributed by atoms with van der Waals surface area (Å²) in [6.45, 7) is 22.9. The van der Waals surface area contributed by atoms with Crippen LogP contribution in [0, 0.1) is 0 Å². The number of rotatable bonds is 8. The molecule has 0 aliphatic carbocycles. The standard InChI is InChI=1S/C28H45N3O6SSi/c1-26(2,3)35-23(32)21(37-39(10,11)28(7,8)9)17-34-19-12-13-20-22(14-19)38-24(30-20)29-18-15-31(16-18)25(33)36-27(4,5)6/h12-14,18,21H,15-17H2,1-11H3,(H,29,30). The van der Waals surface area contributed by atoms with E-state index in [0.29, 0.717) is 18.8 Å². The van der Waals surface area contributed by atoms with Crippen LogP contribution < -0.4 is 10.1 Å². The molecule has 0 bridgehead atoms. The first-order valence-electron chi connectivity index (χ1n) is 13.4. The summed E-state index contributed by atoms with van der Waals surface area (Å²) in [4.78, 5) is 31.5. The minimum absolute atomic E-state index is 0.0550. The zero-order valence-corrected chi connectivity index (χ0v) is 27.1. The first kappa shape index (κ1) is 31.2. The molecule has 1 aliphatic rings.